The van der Waals surface area contributed by atoms with E-state index in [4.69, 9.17) is 15.0 Å². The Balaban J connectivity index is 1.39. The lowest BCUT2D eigenvalue weighted by atomic mass is 9.99. The third-order valence-corrected chi connectivity index (χ3v) is 6.96. The minimum Gasteiger partial charge on any atom is -0.453 e. The molecule has 7 nitrogen and oxygen atoms in total. The molecule has 0 amide bonds. The molecule has 1 aliphatic rings. The Bertz CT molecular complexity index is 1280. The molecule has 1 saturated heterocycles. The second-order valence-corrected chi connectivity index (χ2v) is 9.70. The number of rotatable bonds is 7. The zero-order valence-corrected chi connectivity index (χ0v) is 19.9. The van der Waals surface area contributed by atoms with Crippen LogP contribution in [0.15, 0.2) is 76.7 Å². The van der Waals surface area contributed by atoms with Crippen LogP contribution in [0.3, 0.4) is 0 Å². The van der Waals surface area contributed by atoms with E-state index in [1.165, 1.54) is 11.5 Å². The van der Waals surface area contributed by atoms with Crippen molar-refractivity contribution in [3.8, 4) is 17.6 Å². The number of pyridine rings is 1. The maximum absolute atomic E-state index is 9.02. The third kappa shape index (κ3) is 5.54. The van der Waals surface area contributed by atoms with E-state index in [1.807, 2.05) is 60.7 Å². The van der Waals surface area contributed by atoms with Crippen molar-refractivity contribution in [2.24, 2.45) is 0 Å². The Kier molecular flexibility index (Phi) is 7.00. The van der Waals surface area contributed by atoms with E-state index in [-0.39, 0.29) is 0 Å². The topological polar surface area (TPSA) is 95.8 Å². The molecule has 9 heteroatoms. The smallest absolute Gasteiger partial charge is 0.208 e. The molecule has 2 N–H and O–H groups in total. The van der Waals surface area contributed by atoms with Crippen LogP contribution < -0.4 is 15.4 Å². The molecule has 2 aromatic heterocycles. The van der Waals surface area contributed by atoms with Gasteiger partial charge in [0.05, 0.1) is 11.6 Å². The number of hydrogen-bond donors (Lipinski definition) is 2. The van der Waals surface area contributed by atoms with Crippen LogP contribution in [0, 0.1) is 11.3 Å². The average Bonchev–Trinajstić information content (AvgIpc) is 3.36. The summed E-state index contributed by atoms with van der Waals surface area (Å²) in [5.74, 6) is 3.12. The highest BCUT2D eigenvalue weighted by atomic mass is 32.2. The van der Waals surface area contributed by atoms with E-state index in [0.29, 0.717) is 28.2 Å². The molecule has 34 heavy (non-hydrogen) atoms. The van der Waals surface area contributed by atoms with E-state index >= 15 is 0 Å². The van der Waals surface area contributed by atoms with Crippen molar-refractivity contribution in [1.29, 1.82) is 5.26 Å². The van der Waals surface area contributed by atoms with Crippen LogP contribution in [0.2, 0.25) is 0 Å². The summed E-state index contributed by atoms with van der Waals surface area (Å²) in [6.07, 6.45) is 4.04. The van der Waals surface area contributed by atoms with Gasteiger partial charge in [0.25, 0.3) is 0 Å². The molecular weight excluding hydrogens is 464 g/mol. The van der Waals surface area contributed by atoms with Crippen molar-refractivity contribution in [1.82, 2.24) is 19.7 Å². The summed E-state index contributed by atoms with van der Waals surface area (Å²) in [7, 11) is 0. The van der Waals surface area contributed by atoms with Gasteiger partial charge in [-0.25, -0.2) is 9.97 Å². The predicted molar refractivity (Wildman–Crippen MR) is 134 cm³/mol. The van der Waals surface area contributed by atoms with Gasteiger partial charge in [-0.3, -0.25) is 0 Å². The van der Waals surface area contributed by atoms with Gasteiger partial charge in [0.1, 0.15) is 11.6 Å². The number of hydrogen-bond acceptors (Lipinski definition) is 9. The zero-order chi connectivity index (χ0) is 23.2. The van der Waals surface area contributed by atoms with Crippen molar-refractivity contribution in [2.45, 2.75) is 28.6 Å². The maximum Gasteiger partial charge on any atom is 0.208 e. The first-order chi connectivity index (χ1) is 16.8. The molecule has 2 aromatic carbocycles. The Morgan fingerprint density at radius 3 is 2.74 bits per heavy atom. The van der Waals surface area contributed by atoms with E-state index < -0.39 is 0 Å². The van der Waals surface area contributed by atoms with Gasteiger partial charge in [-0.05, 0) is 55.8 Å². The molecule has 1 fully saturated rings. The fourth-order valence-electron chi connectivity index (χ4n) is 3.63. The third-order valence-electron chi connectivity index (χ3n) is 5.35. The Hall–Kier alpha value is -3.45. The number of nitriles is 1. The zero-order valence-electron chi connectivity index (χ0n) is 18.3. The van der Waals surface area contributed by atoms with Gasteiger partial charge in [-0.2, -0.15) is 9.64 Å². The van der Waals surface area contributed by atoms with Gasteiger partial charge in [-0.15, -0.1) is 0 Å². The van der Waals surface area contributed by atoms with Crippen molar-refractivity contribution < 1.29 is 4.74 Å². The minimum absolute atomic E-state index is 0.347. The molecule has 0 saturated carbocycles. The molecule has 0 aliphatic carbocycles. The van der Waals surface area contributed by atoms with E-state index in [2.05, 4.69) is 26.1 Å². The summed E-state index contributed by atoms with van der Waals surface area (Å²) in [6, 6.07) is 21.2. The quantitative estimate of drug-likeness (QED) is 0.330. The SMILES string of the molecule is N#Cc1ccc(Sc2cnc(Nc3nc(C4CCCNC4)ns3)c(Oc3ccccc3)c2)cc1. The second-order valence-electron chi connectivity index (χ2n) is 7.80. The van der Waals surface area contributed by atoms with Gasteiger partial charge < -0.3 is 15.4 Å². The molecule has 4 aromatic rings. The van der Waals surface area contributed by atoms with Gasteiger partial charge in [0, 0.05) is 46.0 Å². The van der Waals surface area contributed by atoms with E-state index in [0.717, 1.165) is 47.3 Å². The van der Waals surface area contributed by atoms with Crippen molar-refractivity contribution in [3.63, 3.8) is 0 Å². The minimum atomic E-state index is 0.347. The van der Waals surface area contributed by atoms with Crippen LogP contribution in [0.5, 0.6) is 11.5 Å². The van der Waals surface area contributed by atoms with Crippen LogP contribution in [0.25, 0.3) is 0 Å². The second kappa shape index (κ2) is 10.7. The number of benzene rings is 2. The summed E-state index contributed by atoms with van der Waals surface area (Å²) >= 11 is 2.89. The first-order valence-electron chi connectivity index (χ1n) is 11.0. The number of ether oxygens (including phenoxy) is 1. The fraction of sp³-hybridized carbons (Fsp3) is 0.200. The molecule has 0 spiro atoms. The largest absolute Gasteiger partial charge is 0.453 e. The number of para-hydroxylation sites is 1. The van der Waals surface area contributed by atoms with Crippen LogP contribution in [0.4, 0.5) is 10.9 Å². The molecule has 1 unspecified atom stereocenters. The first-order valence-corrected chi connectivity index (χ1v) is 12.6. The van der Waals surface area contributed by atoms with Gasteiger partial charge >= 0.3 is 0 Å². The lowest BCUT2D eigenvalue weighted by Gasteiger charge is -2.19. The first kappa shape index (κ1) is 22.3. The van der Waals surface area contributed by atoms with Crippen LogP contribution in [-0.4, -0.2) is 27.4 Å². The summed E-state index contributed by atoms with van der Waals surface area (Å²) in [5.41, 5.74) is 0.635. The van der Waals surface area contributed by atoms with Crippen LogP contribution in [-0.2, 0) is 0 Å². The van der Waals surface area contributed by atoms with Crippen molar-refractivity contribution in [3.05, 3.63) is 78.2 Å². The van der Waals surface area contributed by atoms with Gasteiger partial charge in [0.2, 0.25) is 5.13 Å². The summed E-state index contributed by atoms with van der Waals surface area (Å²) in [5, 5.41) is 16.4. The lowest BCUT2D eigenvalue weighted by Crippen LogP contribution is -2.28. The highest BCUT2D eigenvalue weighted by molar-refractivity contribution is 7.99. The molecule has 1 atom stereocenters. The Labute approximate surface area is 206 Å². The summed E-state index contributed by atoms with van der Waals surface area (Å²) in [4.78, 5) is 11.3. The average molecular weight is 487 g/mol. The number of nitrogens with one attached hydrogen (secondary N) is 2. The van der Waals surface area contributed by atoms with Crippen molar-refractivity contribution >= 4 is 34.2 Å². The number of piperidine rings is 1. The molecule has 0 radical (unpaired) electrons. The van der Waals surface area contributed by atoms with Crippen LogP contribution >= 0.6 is 23.3 Å². The molecule has 5 rings (SSSR count). The Morgan fingerprint density at radius 1 is 1.12 bits per heavy atom. The number of aromatic nitrogens is 3. The maximum atomic E-state index is 9.02. The molecule has 0 bridgehead atoms. The number of nitrogens with zero attached hydrogens (tertiary/aromatic N) is 4. The highest BCUT2D eigenvalue weighted by Gasteiger charge is 2.20. The van der Waals surface area contributed by atoms with Gasteiger partial charge in [-0.1, -0.05) is 30.0 Å². The van der Waals surface area contributed by atoms with Gasteiger partial charge in [0.15, 0.2) is 11.6 Å². The molecule has 3 heterocycles. The summed E-state index contributed by atoms with van der Waals surface area (Å²) in [6.45, 7) is 1.97. The molecule has 1 aliphatic heterocycles. The fourth-order valence-corrected chi connectivity index (χ4v) is 5.09. The van der Waals surface area contributed by atoms with Crippen molar-refractivity contribution in [2.75, 3.05) is 18.4 Å². The molecule has 170 valence electrons. The highest BCUT2D eigenvalue weighted by Crippen LogP contribution is 2.36. The summed E-state index contributed by atoms with van der Waals surface area (Å²) < 4.78 is 10.8. The Morgan fingerprint density at radius 2 is 1.97 bits per heavy atom. The molecular formula is C25H22N6OS2. The lowest BCUT2D eigenvalue weighted by molar-refractivity contribution is 0.450. The standard InChI is InChI=1S/C25H22N6OS2/c26-14-17-8-10-20(11-9-17)33-21-13-22(32-19-6-2-1-3-7-19)24(28-16-21)30-25-29-23(31-34-25)18-5-4-12-27-15-18/h1-3,6-11,13,16,18,27H,4-5,12,15H2,(H,28,29,30,31). The van der Waals surface area contributed by atoms with Crippen LogP contribution in [0.1, 0.15) is 30.1 Å². The normalized spacial score (nSPS) is 15.4. The number of anilines is 2. The predicted octanol–water partition coefficient (Wildman–Crippen LogP) is 5.96. The van der Waals surface area contributed by atoms with E-state index in [9.17, 15) is 0 Å². The van der Waals surface area contributed by atoms with E-state index in [1.54, 1.807) is 18.0 Å². The monoisotopic (exact) mass is 486 g/mol.